The number of aromatic nitrogens is 2. The normalized spacial score (nSPS) is 17.2. The number of allylic oxidation sites excluding steroid dienone is 1. The first kappa shape index (κ1) is 24.7. The van der Waals surface area contributed by atoms with E-state index < -0.39 is 9.84 Å². The van der Waals surface area contributed by atoms with Gasteiger partial charge in [-0.05, 0) is 25.8 Å². The number of aryl methyl sites for hydroxylation is 1. The third kappa shape index (κ3) is 4.99. The van der Waals surface area contributed by atoms with Crippen molar-refractivity contribution in [3.63, 3.8) is 0 Å². The lowest BCUT2D eigenvalue weighted by Gasteiger charge is -2.26. The molecule has 1 aliphatic rings. The Morgan fingerprint density at radius 2 is 2.09 bits per heavy atom. The molecule has 0 saturated carbocycles. The number of sulfone groups is 1. The van der Waals surface area contributed by atoms with Crippen molar-refractivity contribution in [3.05, 3.63) is 58.2 Å². The smallest absolute Gasteiger partial charge is 0.263 e. The number of hydrogen-bond donors (Lipinski definition) is 0. The molecule has 10 heteroatoms. The number of rotatable bonds is 8. The first-order valence-electron chi connectivity index (χ1n) is 11.1. The molecule has 0 spiro atoms. The molecule has 0 bridgehead atoms. The zero-order valence-electron chi connectivity index (χ0n) is 19.2. The van der Waals surface area contributed by atoms with Crippen LogP contribution in [-0.2, 0) is 21.2 Å². The highest BCUT2D eigenvalue weighted by Gasteiger charge is 2.34. The molecule has 1 aliphatic heterocycles. The van der Waals surface area contributed by atoms with Crippen LogP contribution in [0.15, 0.2) is 52.3 Å². The van der Waals surface area contributed by atoms with Gasteiger partial charge in [0.15, 0.2) is 15.0 Å². The number of carbonyl (C=O) groups excluding carboxylic acids is 1. The molecule has 4 rings (SSSR count). The Morgan fingerprint density at radius 1 is 1.35 bits per heavy atom. The van der Waals surface area contributed by atoms with E-state index in [1.54, 1.807) is 15.5 Å². The minimum atomic E-state index is -3.09. The van der Waals surface area contributed by atoms with Crippen LogP contribution in [0.25, 0.3) is 21.3 Å². The lowest BCUT2D eigenvalue weighted by Crippen LogP contribution is -2.42. The van der Waals surface area contributed by atoms with E-state index in [1.165, 1.54) is 23.1 Å². The number of fused-ring (bicyclic) bond motifs is 1. The second-order valence-electron chi connectivity index (χ2n) is 8.32. The van der Waals surface area contributed by atoms with E-state index in [-0.39, 0.29) is 41.3 Å². The Balaban J connectivity index is 1.63. The summed E-state index contributed by atoms with van der Waals surface area (Å²) in [6.07, 6.45) is 2.11. The molecule has 0 unspecified atom stereocenters. The van der Waals surface area contributed by atoms with Gasteiger partial charge in [-0.25, -0.2) is 13.4 Å². The predicted octanol–water partition coefficient (Wildman–Crippen LogP) is 3.75. The Hall–Kier alpha value is -2.43. The second-order valence-corrected chi connectivity index (χ2v) is 12.3. The van der Waals surface area contributed by atoms with Gasteiger partial charge in [0.2, 0.25) is 5.91 Å². The second kappa shape index (κ2) is 10.1. The summed E-state index contributed by atoms with van der Waals surface area (Å²) in [7, 11) is -3.09. The fourth-order valence-corrected chi connectivity index (χ4v) is 7.83. The first-order valence-corrected chi connectivity index (χ1v) is 14.8. The average Bonchev–Trinajstić information content (AvgIpc) is 3.38. The maximum absolute atomic E-state index is 13.5. The molecule has 7 nitrogen and oxygen atoms in total. The summed E-state index contributed by atoms with van der Waals surface area (Å²) in [6.45, 7) is 8.36. The molecule has 3 aromatic rings. The van der Waals surface area contributed by atoms with Crippen LogP contribution in [0.5, 0.6) is 0 Å². The number of nitrogens with zero attached hydrogens (tertiary/aromatic N) is 3. The molecule has 180 valence electrons. The first-order chi connectivity index (χ1) is 16.2. The van der Waals surface area contributed by atoms with Gasteiger partial charge >= 0.3 is 0 Å². The highest BCUT2D eigenvalue weighted by atomic mass is 32.2. The number of carbonyl (C=O) groups is 1. The summed E-state index contributed by atoms with van der Waals surface area (Å²) in [5.74, 6) is 0.0588. The summed E-state index contributed by atoms with van der Waals surface area (Å²) in [5.41, 5.74) is 2.79. The topological polar surface area (TPSA) is 89.3 Å². The summed E-state index contributed by atoms with van der Waals surface area (Å²) in [6, 6.07) is 7.73. The fourth-order valence-electron chi connectivity index (χ4n) is 4.22. The molecular formula is C24H27N3O4S3. The highest BCUT2D eigenvalue weighted by molar-refractivity contribution is 7.99. The zero-order chi connectivity index (χ0) is 24.5. The van der Waals surface area contributed by atoms with Gasteiger partial charge in [-0.15, -0.1) is 17.9 Å². The minimum absolute atomic E-state index is 0.0135. The summed E-state index contributed by atoms with van der Waals surface area (Å²) in [4.78, 5) is 33.4. The van der Waals surface area contributed by atoms with Crippen molar-refractivity contribution in [2.45, 2.75) is 38.0 Å². The van der Waals surface area contributed by atoms with Gasteiger partial charge in [0.25, 0.3) is 5.56 Å². The van der Waals surface area contributed by atoms with Crippen LogP contribution in [0.4, 0.5) is 0 Å². The maximum atomic E-state index is 13.5. The lowest BCUT2D eigenvalue weighted by molar-refractivity contribution is -0.129. The Labute approximate surface area is 207 Å². The number of benzene rings is 1. The van der Waals surface area contributed by atoms with Crippen LogP contribution in [0.1, 0.15) is 18.9 Å². The van der Waals surface area contributed by atoms with Crippen molar-refractivity contribution in [1.82, 2.24) is 14.5 Å². The third-order valence-corrected chi connectivity index (χ3v) is 9.55. The van der Waals surface area contributed by atoms with Gasteiger partial charge < -0.3 is 4.90 Å². The molecule has 0 N–H and O–H groups in total. The number of amides is 1. The summed E-state index contributed by atoms with van der Waals surface area (Å²) >= 11 is 2.61. The molecule has 1 saturated heterocycles. The quantitative estimate of drug-likeness (QED) is 0.257. The van der Waals surface area contributed by atoms with E-state index in [1.807, 2.05) is 43.5 Å². The molecule has 0 aliphatic carbocycles. The predicted molar refractivity (Wildman–Crippen MR) is 139 cm³/mol. The van der Waals surface area contributed by atoms with Crippen LogP contribution in [0, 0.1) is 6.92 Å². The molecule has 2 aromatic heterocycles. The zero-order valence-corrected chi connectivity index (χ0v) is 21.6. The van der Waals surface area contributed by atoms with E-state index in [9.17, 15) is 18.0 Å². The van der Waals surface area contributed by atoms with E-state index in [0.717, 1.165) is 16.7 Å². The average molecular weight is 518 g/mol. The van der Waals surface area contributed by atoms with E-state index in [0.29, 0.717) is 28.3 Å². The van der Waals surface area contributed by atoms with E-state index in [4.69, 9.17) is 4.98 Å². The highest BCUT2D eigenvalue weighted by Crippen LogP contribution is 2.32. The van der Waals surface area contributed by atoms with Crippen LogP contribution in [0.2, 0.25) is 0 Å². The van der Waals surface area contributed by atoms with Crippen molar-refractivity contribution >= 4 is 49.1 Å². The minimum Gasteiger partial charge on any atom is -0.338 e. The number of thiophene rings is 1. The maximum Gasteiger partial charge on any atom is 0.263 e. The summed E-state index contributed by atoms with van der Waals surface area (Å²) < 4.78 is 25.3. The van der Waals surface area contributed by atoms with Gasteiger partial charge in [-0.1, -0.05) is 47.7 Å². The molecule has 1 fully saturated rings. The molecule has 1 amide bonds. The Kier molecular flexibility index (Phi) is 7.30. The molecule has 3 heterocycles. The van der Waals surface area contributed by atoms with Crippen LogP contribution < -0.4 is 5.56 Å². The van der Waals surface area contributed by atoms with Crippen molar-refractivity contribution < 1.29 is 13.2 Å². The van der Waals surface area contributed by atoms with E-state index in [2.05, 4.69) is 6.58 Å². The fraction of sp³-hybridized carbons (Fsp3) is 0.375. The van der Waals surface area contributed by atoms with Gasteiger partial charge in [0.1, 0.15) is 4.83 Å². The summed E-state index contributed by atoms with van der Waals surface area (Å²) in [5, 5.41) is 2.97. The number of thioether (sulfide) groups is 1. The van der Waals surface area contributed by atoms with Gasteiger partial charge in [0, 0.05) is 30.1 Å². The largest absolute Gasteiger partial charge is 0.338 e. The molecule has 0 radical (unpaired) electrons. The molecule has 1 atom stereocenters. The van der Waals surface area contributed by atoms with Crippen molar-refractivity contribution in [1.29, 1.82) is 0 Å². The van der Waals surface area contributed by atoms with Gasteiger partial charge in [-0.2, -0.15) is 0 Å². The third-order valence-electron chi connectivity index (χ3n) is 5.97. The van der Waals surface area contributed by atoms with Crippen LogP contribution >= 0.6 is 23.1 Å². The SMILES string of the molecule is C=CCn1c(SCC(=O)N(CC)[C@H]2CCS(=O)(=O)C2)nc2scc(-c3ccc(C)cc3)c2c1=O. The molecular weight excluding hydrogens is 490 g/mol. The van der Waals surface area contributed by atoms with Gasteiger partial charge in [-0.3, -0.25) is 14.2 Å². The standard InChI is InChI=1S/C24H27N3O4S3/c1-4-11-27-23(29)21-19(17-8-6-16(3)7-9-17)13-32-22(21)25-24(27)33-14-20(28)26(5-2)18-10-12-34(30,31)15-18/h4,6-9,13,18H,1,5,10-12,14-15H2,2-3H3/t18-/m0/s1. The number of hydrogen-bond acceptors (Lipinski definition) is 7. The van der Waals surface area contributed by atoms with Crippen molar-refractivity contribution in [2.24, 2.45) is 0 Å². The Morgan fingerprint density at radius 3 is 2.71 bits per heavy atom. The van der Waals surface area contributed by atoms with Crippen LogP contribution in [-0.4, -0.2) is 58.6 Å². The van der Waals surface area contributed by atoms with Crippen molar-refractivity contribution in [3.8, 4) is 11.1 Å². The van der Waals surface area contributed by atoms with E-state index >= 15 is 0 Å². The van der Waals surface area contributed by atoms with Crippen molar-refractivity contribution in [2.75, 3.05) is 23.8 Å². The lowest BCUT2D eigenvalue weighted by atomic mass is 10.1. The monoisotopic (exact) mass is 517 g/mol. The van der Waals surface area contributed by atoms with Gasteiger partial charge in [0.05, 0.1) is 22.6 Å². The van der Waals surface area contributed by atoms with Crippen LogP contribution in [0.3, 0.4) is 0 Å². The molecule has 1 aromatic carbocycles. The molecule has 34 heavy (non-hydrogen) atoms. The Bertz CT molecular complexity index is 1390.